The second-order valence-corrected chi connectivity index (χ2v) is 7.02. The number of rotatable bonds is 4. The Kier molecular flexibility index (Phi) is 5.01. The van der Waals surface area contributed by atoms with E-state index in [2.05, 4.69) is 44.6 Å². The lowest BCUT2D eigenvalue weighted by Gasteiger charge is -2.57. The topological polar surface area (TPSA) is 32.5 Å². The van der Waals surface area contributed by atoms with Crippen molar-refractivity contribution in [1.29, 1.82) is 0 Å². The fraction of sp³-hybridized carbons (Fsp3) is 0.929. The summed E-state index contributed by atoms with van der Waals surface area (Å²) >= 11 is 5.28. The molecule has 18 heavy (non-hydrogen) atoms. The van der Waals surface area contributed by atoms with Crippen LogP contribution in [0.2, 0.25) is 0 Å². The predicted octanol–water partition coefficient (Wildman–Crippen LogP) is 3.29. The summed E-state index contributed by atoms with van der Waals surface area (Å²) < 4.78 is 0. The van der Waals surface area contributed by atoms with Crippen LogP contribution in [-0.4, -0.2) is 32.8 Å². The maximum Gasteiger partial charge on any atom is 0.181 e. The molecule has 0 bridgehead atoms. The van der Waals surface area contributed by atoms with Crippen LogP contribution in [0.5, 0.6) is 0 Å². The van der Waals surface area contributed by atoms with Gasteiger partial charge in [-0.15, -0.1) is 0 Å². The molecule has 1 rings (SSSR count). The third-order valence-corrected chi connectivity index (χ3v) is 4.15. The summed E-state index contributed by atoms with van der Waals surface area (Å²) in [4.78, 5) is 0. The molecule has 1 aliphatic heterocycles. The molecular formula is C14H29N3S. The Morgan fingerprint density at radius 1 is 1.22 bits per heavy atom. The highest BCUT2D eigenvalue weighted by Gasteiger charge is 2.44. The van der Waals surface area contributed by atoms with Gasteiger partial charge in [-0.2, -0.15) is 0 Å². The molecule has 2 N–H and O–H groups in total. The molecule has 0 amide bonds. The fourth-order valence-corrected chi connectivity index (χ4v) is 3.43. The molecule has 0 saturated carbocycles. The maximum atomic E-state index is 5.97. The highest BCUT2D eigenvalue weighted by Crippen LogP contribution is 2.39. The zero-order valence-corrected chi connectivity index (χ0v) is 13.4. The number of hydrazine groups is 1. The van der Waals surface area contributed by atoms with Crippen molar-refractivity contribution in [1.82, 2.24) is 10.0 Å². The summed E-state index contributed by atoms with van der Waals surface area (Å²) in [5, 5.41) is 5.07. The van der Waals surface area contributed by atoms with Crippen LogP contribution in [0.3, 0.4) is 0 Å². The van der Waals surface area contributed by atoms with Gasteiger partial charge in [-0.1, -0.05) is 13.3 Å². The number of hydrogen-bond acceptors (Lipinski definition) is 2. The van der Waals surface area contributed by atoms with Crippen molar-refractivity contribution in [2.45, 2.75) is 77.8 Å². The first-order valence-corrected chi connectivity index (χ1v) is 7.50. The second-order valence-electron chi connectivity index (χ2n) is 6.61. The summed E-state index contributed by atoms with van der Waals surface area (Å²) in [6, 6.07) is 0. The highest BCUT2D eigenvalue weighted by atomic mass is 32.1. The fourth-order valence-electron chi connectivity index (χ4n) is 3.25. The van der Waals surface area contributed by atoms with Crippen LogP contribution < -0.4 is 5.73 Å². The van der Waals surface area contributed by atoms with Crippen molar-refractivity contribution in [3.05, 3.63) is 0 Å². The van der Waals surface area contributed by atoms with Gasteiger partial charge in [-0.05, 0) is 65.6 Å². The first kappa shape index (κ1) is 15.7. The zero-order valence-electron chi connectivity index (χ0n) is 12.6. The van der Waals surface area contributed by atoms with E-state index < -0.39 is 0 Å². The Morgan fingerprint density at radius 2 is 1.72 bits per heavy atom. The summed E-state index contributed by atoms with van der Waals surface area (Å²) in [7, 11) is 0. The molecule has 1 aliphatic rings. The quantitative estimate of drug-likeness (QED) is 0.795. The molecule has 3 nitrogen and oxygen atoms in total. The van der Waals surface area contributed by atoms with Crippen molar-refractivity contribution in [2.75, 3.05) is 6.54 Å². The van der Waals surface area contributed by atoms with Gasteiger partial charge in [-0.3, -0.25) is 5.01 Å². The third-order valence-electron chi connectivity index (χ3n) is 3.94. The normalized spacial score (nSPS) is 22.7. The molecule has 106 valence electrons. The van der Waals surface area contributed by atoms with Crippen LogP contribution >= 0.6 is 12.2 Å². The maximum absolute atomic E-state index is 5.97. The van der Waals surface area contributed by atoms with Gasteiger partial charge in [0.2, 0.25) is 0 Å². The van der Waals surface area contributed by atoms with E-state index in [1.807, 2.05) is 0 Å². The molecule has 0 aromatic rings. The average molecular weight is 271 g/mol. The van der Waals surface area contributed by atoms with E-state index in [1.54, 1.807) is 0 Å². The van der Waals surface area contributed by atoms with Gasteiger partial charge in [0.1, 0.15) is 0 Å². The minimum absolute atomic E-state index is 0.124. The van der Waals surface area contributed by atoms with Crippen LogP contribution in [-0.2, 0) is 0 Å². The van der Waals surface area contributed by atoms with E-state index in [0.29, 0.717) is 5.11 Å². The number of nitrogens with zero attached hydrogens (tertiary/aromatic N) is 2. The van der Waals surface area contributed by atoms with Crippen molar-refractivity contribution >= 4 is 17.3 Å². The predicted molar refractivity (Wildman–Crippen MR) is 82.2 cm³/mol. The van der Waals surface area contributed by atoms with Gasteiger partial charge in [0.05, 0.1) is 0 Å². The first-order chi connectivity index (χ1) is 8.22. The van der Waals surface area contributed by atoms with Crippen LogP contribution in [0.25, 0.3) is 0 Å². The van der Waals surface area contributed by atoms with Gasteiger partial charge < -0.3 is 5.73 Å². The lowest BCUT2D eigenvalue weighted by molar-refractivity contribution is -0.146. The Hall–Kier alpha value is -0.350. The van der Waals surface area contributed by atoms with Crippen molar-refractivity contribution < 1.29 is 0 Å². The summed E-state index contributed by atoms with van der Waals surface area (Å²) in [6.45, 7) is 12.3. The van der Waals surface area contributed by atoms with Crippen molar-refractivity contribution in [3.8, 4) is 0 Å². The van der Waals surface area contributed by atoms with Gasteiger partial charge in [0, 0.05) is 17.6 Å². The third kappa shape index (κ3) is 3.35. The second kappa shape index (κ2) is 5.74. The Labute approximate surface area is 118 Å². The Morgan fingerprint density at radius 3 is 2.11 bits per heavy atom. The summed E-state index contributed by atoms with van der Waals surface area (Å²) in [5.41, 5.74) is 6.21. The van der Waals surface area contributed by atoms with E-state index in [9.17, 15) is 0 Å². The molecular weight excluding hydrogens is 242 g/mol. The van der Waals surface area contributed by atoms with Gasteiger partial charge in [0.15, 0.2) is 5.11 Å². The number of thiocarbonyl (C=S) groups is 1. The molecule has 0 unspecified atom stereocenters. The van der Waals surface area contributed by atoms with E-state index in [-0.39, 0.29) is 11.1 Å². The molecule has 0 aromatic carbocycles. The molecule has 0 atom stereocenters. The number of piperidine rings is 1. The molecule has 1 heterocycles. The van der Waals surface area contributed by atoms with Gasteiger partial charge in [0.25, 0.3) is 0 Å². The van der Waals surface area contributed by atoms with Crippen LogP contribution in [0.15, 0.2) is 0 Å². The largest absolute Gasteiger partial charge is 0.375 e. The van der Waals surface area contributed by atoms with E-state index >= 15 is 0 Å². The first-order valence-electron chi connectivity index (χ1n) is 7.09. The van der Waals surface area contributed by atoms with Crippen LogP contribution in [0.1, 0.15) is 66.7 Å². The highest BCUT2D eigenvalue weighted by molar-refractivity contribution is 7.80. The minimum atomic E-state index is 0.124. The number of hydrogen-bond donors (Lipinski definition) is 1. The zero-order chi connectivity index (χ0) is 14.0. The Balaban J connectivity index is 3.00. The summed E-state index contributed by atoms with van der Waals surface area (Å²) in [5.74, 6) is 0. The number of unbranched alkanes of at least 4 members (excludes halogenated alkanes) is 1. The van der Waals surface area contributed by atoms with E-state index in [0.717, 1.165) is 19.4 Å². The molecule has 0 aromatic heterocycles. The van der Waals surface area contributed by atoms with Crippen LogP contribution in [0, 0.1) is 0 Å². The lowest BCUT2D eigenvalue weighted by Crippen LogP contribution is -2.67. The van der Waals surface area contributed by atoms with E-state index in [1.165, 1.54) is 19.3 Å². The molecule has 1 fully saturated rings. The van der Waals surface area contributed by atoms with Crippen molar-refractivity contribution in [2.24, 2.45) is 5.73 Å². The minimum Gasteiger partial charge on any atom is -0.375 e. The van der Waals surface area contributed by atoms with Crippen LogP contribution in [0.4, 0.5) is 0 Å². The van der Waals surface area contributed by atoms with E-state index in [4.69, 9.17) is 18.0 Å². The molecule has 0 radical (unpaired) electrons. The average Bonchev–Trinajstić information content (AvgIpc) is 2.20. The number of nitrogens with two attached hydrogens (primary N) is 1. The molecule has 0 spiro atoms. The monoisotopic (exact) mass is 271 g/mol. The standard InChI is InChI=1S/C14H29N3S/c1-6-7-11-16(12(15)18)17-13(2,3)9-8-10-14(17,4)5/h6-11H2,1-5H3,(H2,15,18). The summed E-state index contributed by atoms with van der Waals surface area (Å²) in [6.07, 6.45) is 5.95. The smallest absolute Gasteiger partial charge is 0.181 e. The van der Waals surface area contributed by atoms with Crippen molar-refractivity contribution in [3.63, 3.8) is 0 Å². The SMILES string of the molecule is CCCCN(C(N)=S)N1C(C)(C)CCCC1(C)C. The van der Waals surface area contributed by atoms with Gasteiger partial charge >= 0.3 is 0 Å². The van der Waals surface area contributed by atoms with Gasteiger partial charge in [-0.25, -0.2) is 5.01 Å². The molecule has 1 saturated heterocycles. The lowest BCUT2D eigenvalue weighted by atomic mass is 9.81. The Bertz CT molecular complexity index is 283. The molecule has 4 heteroatoms. The molecule has 0 aliphatic carbocycles.